The molecular weight excluding hydrogens is 1250 g/mol. The zero-order chi connectivity index (χ0) is 65.4. The van der Waals surface area contributed by atoms with Crippen LogP contribution in [0.3, 0.4) is 0 Å². The summed E-state index contributed by atoms with van der Waals surface area (Å²) in [5.74, 6) is -1.51. The summed E-state index contributed by atoms with van der Waals surface area (Å²) in [6.07, 6.45) is 26.2. The Hall–Kier alpha value is -4.30. The third-order valence-electron chi connectivity index (χ3n) is 20.2. The molecule has 0 radical (unpaired) electrons. The van der Waals surface area contributed by atoms with E-state index in [0.29, 0.717) is 50.1 Å². The fraction of sp³-hybridized carbons (Fsp3) is 0.684. The number of hydrogen-bond acceptors (Lipinski definition) is 14. The largest absolute Gasteiger partial charge is 0.459 e. The van der Waals surface area contributed by atoms with E-state index in [4.69, 9.17) is 47.9 Å². The quantitative estimate of drug-likeness (QED) is 0.0539. The van der Waals surface area contributed by atoms with Gasteiger partial charge in [0.15, 0.2) is 0 Å². The SMILES string of the molecule is CC(C)(C)OC(=O)C(Br)c1cc(F)ccc1C1CCC2(CCOCC2)CO1.CC(C)(C)OC(=O)C(c1cc(F)ccc1C1CCC2(CCOCC2)CO1)N1CC[C@@H](OCCCCc2ccc3c(n2)CCCC3)C1.c1cc2c(nc1CCCCO[C@@H]1CCNC1)CCCC2. The molecule has 8 heterocycles. The number of carbonyl (C=O) groups excluding carboxylic acids is 2. The molecule has 4 unspecified atom stereocenters. The fourth-order valence-electron chi connectivity index (χ4n) is 14.8. The summed E-state index contributed by atoms with van der Waals surface area (Å²) in [4.78, 5) is 37.5. The Bertz CT molecular complexity index is 3030. The van der Waals surface area contributed by atoms with Crippen LogP contribution in [0.5, 0.6) is 0 Å². The third kappa shape index (κ3) is 20.9. The summed E-state index contributed by atoms with van der Waals surface area (Å²) in [5, 5.41) is 3.33. The number of hydrogen-bond donors (Lipinski definition) is 1. The Morgan fingerprint density at radius 3 is 1.60 bits per heavy atom. The van der Waals surface area contributed by atoms with Gasteiger partial charge in [0.2, 0.25) is 0 Å². The topological polar surface area (TPSA) is 149 Å². The van der Waals surface area contributed by atoms with Crippen molar-refractivity contribution in [1.29, 1.82) is 0 Å². The Labute approximate surface area is 561 Å². The standard InChI is InChI=1S/C38H53FN2O5.C21H28BrFO4.C17H26N2O/c1-37(2,3)46-36(42)35(32-24-28(39)12-14-31(32)34-15-17-38(26-45-34)18-22-43-23-19-38)41-20-16-30(25-41)44-21-7-6-9-29-13-11-27-8-4-5-10-33(27)40-29;1-20(2,3)27-19(24)18(22)16-12-14(23)4-5-15(16)17-6-7-21(13-26-17)8-10-25-11-9-21;1-2-7-17-14(5-1)8-9-15(19-17)6-3-4-12-20-16-10-11-18-13-16/h11-14,24,30,34-35H,4-10,15-23,25-26H2,1-3H3;4-5,12,17-18H,6-11,13H2,1-3H3;8-9,16,18H,1-7,10-13H2/t30-,34?,35?;;16-/m1.1/s1. The number of esters is 2. The van der Waals surface area contributed by atoms with Gasteiger partial charge in [-0.2, -0.15) is 0 Å². The highest BCUT2D eigenvalue weighted by Gasteiger charge is 2.43. The molecular formula is C76H107BrF2N4O10. The van der Waals surface area contributed by atoms with Gasteiger partial charge in [-0.1, -0.05) is 40.2 Å². The number of halogens is 3. The molecule has 4 aromatic rings. The number of fused-ring (bicyclic) bond motifs is 2. The van der Waals surface area contributed by atoms with Gasteiger partial charge >= 0.3 is 11.9 Å². The lowest BCUT2D eigenvalue weighted by Crippen LogP contribution is -2.40. The Balaban J connectivity index is 0.000000169. The maximum atomic E-state index is 14.9. The molecule has 17 heteroatoms. The summed E-state index contributed by atoms with van der Waals surface area (Å²) in [7, 11) is 0. The first-order valence-corrected chi connectivity index (χ1v) is 36.4. The molecule has 0 amide bonds. The molecule has 0 bridgehead atoms. The molecule has 2 aromatic heterocycles. The van der Waals surface area contributed by atoms with Gasteiger partial charge in [0, 0.05) is 82.1 Å². The Morgan fingerprint density at radius 2 is 1.11 bits per heavy atom. The van der Waals surface area contributed by atoms with E-state index in [1.54, 1.807) is 6.07 Å². The lowest BCUT2D eigenvalue weighted by atomic mass is 9.74. The van der Waals surface area contributed by atoms with Gasteiger partial charge in [0.05, 0.1) is 37.6 Å². The zero-order valence-electron chi connectivity index (χ0n) is 56.8. The van der Waals surface area contributed by atoms with Gasteiger partial charge in [0.25, 0.3) is 0 Å². The second kappa shape index (κ2) is 33.8. The summed E-state index contributed by atoms with van der Waals surface area (Å²) in [5.41, 5.74) is 10.1. The van der Waals surface area contributed by atoms with E-state index in [1.807, 2.05) is 47.6 Å². The van der Waals surface area contributed by atoms with Crippen molar-refractivity contribution in [2.75, 3.05) is 79.0 Å². The van der Waals surface area contributed by atoms with Crippen molar-refractivity contribution >= 4 is 27.9 Å². The molecule has 2 spiro atoms. The summed E-state index contributed by atoms with van der Waals surface area (Å²) < 4.78 is 76.3. The van der Waals surface area contributed by atoms with E-state index >= 15 is 0 Å². The Kier molecular flexibility index (Phi) is 26.0. The second-order valence-corrected chi connectivity index (χ2v) is 30.6. The molecule has 8 aliphatic rings. The highest BCUT2D eigenvalue weighted by molar-refractivity contribution is 9.09. The number of nitrogens with one attached hydrogen (secondary N) is 1. The van der Waals surface area contributed by atoms with E-state index in [1.165, 1.54) is 110 Å². The van der Waals surface area contributed by atoms with Crippen LogP contribution in [0.2, 0.25) is 0 Å². The molecule has 512 valence electrons. The zero-order valence-corrected chi connectivity index (χ0v) is 58.3. The minimum atomic E-state index is -0.731. The molecule has 6 aliphatic heterocycles. The van der Waals surface area contributed by atoms with Crippen LogP contribution in [0, 0.1) is 22.5 Å². The highest BCUT2D eigenvalue weighted by atomic mass is 79.9. The smallest absolute Gasteiger partial charge is 0.328 e. The average Bonchev–Trinajstić information content (AvgIpc) is 1.33. The van der Waals surface area contributed by atoms with Crippen molar-refractivity contribution in [3.05, 3.63) is 128 Å². The van der Waals surface area contributed by atoms with Gasteiger partial charge in [-0.3, -0.25) is 19.7 Å². The van der Waals surface area contributed by atoms with Crippen molar-refractivity contribution in [1.82, 2.24) is 20.2 Å². The molecule has 2 aliphatic carbocycles. The van der Waals surface area contributed by atoms with Crippen LogP contribution in [-0.2, 0) is 86.0 Å². The van der Waals surface area contributed by atoms with Gasteiger partial charge in [-0.05, 0) is 283 Å². The second-order valence-electron chi connectivity index (χ2n) is 29.7. The molecule has 6 fully saturated rings. The van der Waals surface area contributed by atoms with E-state index in [2.05, 4.69) is 50.4 Å². The Morgan fingerprint density at radius 1 is 0.613 bits per heavy atom. The first-order chi connectivity index (χ1) is 44.8. The summed E-state index contributed by atoms with van der Waals surface area (Å²) in [6.45, 7) is 20.6. The number of aryl methyl sites for hydroxylation is 6. The van der Waals surface area contributed by atoms with E-state index in [9.17, 15) is 18.4 Å². The minimum absolute atomic E-state index is 0.0168. The average molecular weight is 1350 g/mol. The number of ether oxygens (including phenoxy) is 8. The van der Waals surface area contributed by atoms with Crippen LogP contribution < -0.4 is 5.32 Å². The monoisotopic (exact) mass is 1350 g/mol. The predicted octanol–water partition coefficient (Wildman–Crippen LogP) is 15.2. The van der Waals surface area contributed by atoms with Gasteiger partial charge < -0.3 is 43.2 Å². The molecule has 1 N–H and O–H groups in total. The number of unbranched alkanes of at least 4 members (excludes halogenated alkanes) is 2. The van der Waals surface area contributed by atoms with Crippen molar-refractivity contribution in [2.45, 2.75) is 242 Å². The molecule has 6 saturated heterocycles. The van der Waals surface area contributed by atoms with Crippen LogP contribution in [0.15, 0.2) is 60.7 Å². The summed E-state index contributed by atoms with van der Waals surface area (Å²) >= 11 is 3.41. The molecule has 2 aromatic carbocycles. The van der Waals surface area contributed by atoms with Gasteiger partial charge in [-0.15, -0.1) is 0 Å². The molecule has 0 saturated carbocycles. The first-order valence-electron chi connectivity index (χ1n) is 35.5. The number of aromatic nitrogens is 2. The molecule has 12 rings (SSSR count). The lowest BCUT2D eigenvalue weighted by molar-refractivity contribution is -0.162. The highest BCUT2D eigenvalue weighted by Crippen LogP contribution is 2.48. The maximum absolute atomic E-state index is 14.9. The van der Waals surface area contributed by atoms with E-state index < -0.39 is 28.0 Å². The van der Waals surface area contributed by atoms with E-state index in [0.717, 1.165) is 160 Å². The first kappa shape index (κ1) is 71.5. The third-order valence-corrected chi connectivity index (χ3v) is 21.0. The number of nitrogens with zero attached hydrogens (tertiary/aromatic N) is 3. The fourth-order valence-corrected chi connectivity index (χ4v) is 15.3. The molecule has 6 atom stereocenters. The maximum Gasteiger partial charge on any atom is 0.328 e. The number of benzene rings is 2. The minimum Gasteiger partial charge on any atom is -0.459 e. The molecule has 93 heavy (non-hydrogen) atoms. The number of likely N-dealkylation sites (tertiary alicyclic amines) is 1. The van der Waals surface area contributed by atoms with Crippen molar-refractivity contribution < 1.29 is 56.3 Å². The van der Waals surface area contributed by atoms with Crippen LogP contribution in [-0.4, -0.2) is 129 Å². The number of pyridine rings is 2. The van der Waals surface area contributed by atoms with Crippen LogP contribution >= 0.6 is 15.9 Å². The van der Waals surface area contributed by atoms with Gasteiger partial charge in [-0.25, -0.2) is 13.6 Å². The van der Waals surface area contributed by atoms with Crippen molar-refractivity contribution in [3.8, 4) is 0 Å². The van der Waals surface area contributed by atoms with Gasteiger partial charge in [0.1, 0.15) is 33.7 Å². The molecule has 14 nitrogen and oxygen atoms in total. The van der Waals surface area contributed by atoms with Crippen molar-refractivity contribution in [3.63, 3.8) is 0 Å². The normalized spacial score (nSPS) is 23.5. The van der Waals surface area contributed by atoms with Crippen molar-refractivity contribution in [2.24, 2.45) is 10.8 Å². The number of carbonyl (C=O) groups is 2. The number of rotatable bonds is 19. The van der Waals surface area contributed by atoms with Crippen LogP contribution in [0.4, 0.5) is 8.78 Å². The summed E-state index contributed by atoms with van der Waals surface area (Å²) in [6, 6.07) is 17.7. The van der Waals surface area contributed by atoms with Crippen LogP contribution in [0.25, 0.3) is 0 Å². The predicted molar refractivity (Wildman–Crippen MR) is 361 cm³/mol. The number of alkyl halides is 1. The lowest BCUT2D eigenvalue weighted by Gasteiger charge is -2.43. The van der Waals surface area contributed by atoms with Crippen LogP contribution in [0.1, 0.15) is 236 Å². The van der Waals surface area contributed by atoms with E-state index in [-0.39, 0.29) is 46.7 Å².